The van der Waals surface area contributed by atoms with Crippen LogP contribution in [0.2, 0.25) is 0 Å². The number of hydrogen-bond acceptors (Lipinski definition) is 2. The molecule has 118 valence electrons. The number of rotatable bonds is 4. The molecular formula is C17H25F2NO. The van der Waals surface area contributed by atoms with E-state index >= 15 is 0 Å². The average Bonchev–Trinajstić information content (AvgIpc) is 2.49. The molecule has 0 bridgehead atoms. The summed E-state index contributed by atoms with van der Waals surface area (Å²) in [6, 6.07) is 3.96. The molecule has 3 N–H and O–H groups in total. The summed E-state index contributed by atoms with van der Waals surface area (Å²) in [6.45, 7) is 4.00. The summed E-state index contributed by atoms with van der Waals surface area (Å²) in [6.07, 6.45) is 4.54. The van der Waals surface area contributed by atoms with Crippen LogP contribution >= 0.6 is 0 Å². The molecule has 0 aliphatic heterocycles. The lowest BCUT2D eigenvalue weighted by molar-refractivity contribution is -0.100. The topological polar surface area (TPSA) is 46.2 Å². The lowest BCUT2D eigenvalue weighted by atomic mass is 9.59. The van der Waals surface area contributed by atoms with Crippen LogP contribution in [0.15, 0.2) is 18.2 Å². The molecule has 1 unspecified atom stereocenters. The van der Waals surface area contributed by atoms with E-state index in [1.807, 2.05) is 0 Å². The van der Waals surface area contributed by atoms with E-state index in [1.165, 1.54) is 12.1 Å². The van der Waals surface area contributed by atoms with E-state index in [9.17, 15) is 13.9 Å². The van der Waals surface area contributed by atoms with Crippen molar-refractivity contribution in [1.29, 1.82) is 0 Å². The molecule has 2 rings (SSSR count). The Morgan fingerprint density at radius 1 is 1.33 bits per heavy atom. The van der Waals surface area contributed by atoms with Crippen LogP contribution in [0.4, 0.5) is 8.78 Å². The van der Waals surface area contributed by atoms with E-state index in [0.29, 0.717) is 5.92 Å². The number of hydrogen-bond donors (Lipinski definition) is 2. The highest BCUT2D eigenvalue weighted by Crippen LogP contribution is 2.51. The molecule has 1 aliphatic rings. The number of nitrogens with two attached hydrogens (primary N) is 1. The molecule has 1 atom stereocenters. The first-order valence-electron chi connectivity index (χ1n) is 7.75. The van der Waals surface area contributed by atoms with Crippen molar-refractivity contribution >= 4 is 0 Å². The smallest absolute Gasteiger partial charge is 0.164 e. The fourth-order valence-corrected chi connectivity index (χ4v) is 3.69. The van der Waals surface area contributed by atoms with Crippen molar-refractivity contribution in [1.82, 2.24) is 0 Å². The minimum absolute atomic E-state index is 0.0166. The fourth-order valence-electron chi connectivity index (χ4n) is 3.69. The highest BCUT2D eigenvalue weighted by Gasteiger charge is 2.50. The monoisotopic (exact) mass is 297 g/mol. The molecule has 0 heterocycles. The zero-order valence-corrected chi connectivity index (χ0v) is 12.8. The van der Waals surface area contributed by atoms with Gasteiger partial charge in [-0.25, -0.2) is 8.78 Å². The van der Waals surface area contributed by atoms with Crippen molar-refractivity contribution < 1.29 is 13.9 Å². The quantitative estimate of drug-likeness (QED) is 0.889. The molecule has 2 nitrogen and oxygen atoms in total. The minimum atomic E-state index is -1.47. The highest BCUT2D eigenvalue weighted by atomic mass is 19.2. The average molecular weight is 297 g/mol. The van der Waals surface area contributed by atoms with Crippen LogP contribution in [-0.2, 0) is 5.60 Å². The minimum Gasteiger partial charge on any atom is -0.385 e. The van der Waals surface area contributed by atoms with Crippen LogP contribution in [0.5, 0.6) is 0 Å². The summed E-state index contributed by atoms with van der Waals surface area (Å²) < 4.78 is 27.6. The Balaban J connectivity index is 2.38. The first-order valence-corrected chi connectivity index (χ1v) is 7.75. The Kier molecular flexibility index (Phi) is 4.69. The van der Waals surface area contributed by atoms with Crippen molar-refractivity contribution in [2.75, 3.05) is 6.54 Å². The first-order chi connectivity index (χ1) is 9.88. The van der Waals surface area contributed by atoms with Crippen molar-refractivity contribution in [3.8, 4) is 0 Å². The molecule has 1 aliphatic carbocycles. The van der Waals surface area contributed by atoms with Gasteiger partial charge >= 0.3 is 0 Å². The summed E-state index contributed by atoms with van der Waals surface area (Å²) in [5.41, 5.74) is 3.92. The molecule has 21 heavy (non-hydrogen) atoms. The molecule has 0 aromatic heterocycles. The Morgan fingerprint density at radius 3 is 2.48 bits per heavy atom. The number of halogens is 2. The maximum Gasteiger partial charge on any atom is 0.164 e. The van der Waals surface area contributed by atoms with Gasteiger partial charge in [0.05, 0.1) is 5.60 Å². The van der Waals surface area contributed by atoms with E-state index < -0.39 is 22.7 Å². The second-order valence-electron chi connectivity index (χ2n) is 6.51. The van der Waals surface area contributed by atoms with Crippen LogP contribution in [0.1, 0.15) is 51.5 Å². The maximum atomic E-state index is 14.1. The van der Waals surface area contributed by atoms with Gasteiger partial charge in [0.25, 0.3) is 0 Å². The molecule has 1 aromatic rings. The van der Waals surface area contributed by atoms with Gasteiger partial charge < -0.3 is 10.8 Å². The summed E-state index contributed by atoms with van der Waals surface area (Å²) in [7, 11) is 0. The summed E-state index contributed by atoms with van der Waals surface area (Å²) in [4.78, 5) is 0. The van der Waals surface area contributed by atoms with E-state index in [-0.39, 0.29) is 12.1 Å². The van der Waals surface area contributed by atoms with Crippen LogP contribution < -0.4 is 5.73 Å². The molecule has 0 radical (unpaired) electrons. The van der Waals surface area contributed by atoms with Gasteiger partial charge in [0.1, 0.15) is 0 Å². The van der Waals surface area contributed by atoms with Crippen LogP contribution in [0, 0.1) is 23.0 Å². The Hall–Kier alpha value is -1.00. The molecule has 1 fully saturated rings. The second-order valence-corrected chi connectivity index (χ2v) is 6.51. The second kappa shape index (κ2) is 6.01. The Labute approximate surface area is 125 Å². The predicted molar refractivity (Wildman–Crippen MR) is 79.7 cm³/mol. The van der Waals surface area contributed by atoms with Gasteiger partial charge in [-0.2, -0.15) is 0 Å². The lowest BCUT2D eigenvalue weighted by Gasteiger charge is -2.49. The maximum absolute atomic E-state index is 14.1. The van der Waals surface area contributed by atoms with E-state index in [0.717, 1.165) is 38.2 Å². The van der Waals surface area contributed by atoms with Crippen LogP contribution in [-0.4, -0.2) is 11.7 Å². The van der Waals surface area contributed by atoms with Gasteiger partial charge in [0.15, 0.2) is 11.6 Å². The number of aliphatic hydroxyl groups is 1. The third-order valence-corrected chi connectivity index (χ3v) is 5.54. The van der Waals surface area contributed by atoms with Gasteiger partial charge in [-0.05, 0) is 44.6 Å². The lowest BCUT2D eigenvalue weighted by Crippen LogP contribution is -2.51. The zero-order valence-electron chi connectivity index (χ0n) is 12.8. The summed E-state index contributed by atoms with van der Waals surface area (Å²) >= 11 is 0. The standard InChI is InChI=1S/C17H25F2NO/c1-3-12-7-9-17(11-20,10-8-12)16(2,21)13-5-4-6-14(18)15(13)19/h4-6,12,21H,3,7-11,20H2,1-2H3. The van der Waals surface area contributed by atoms with Crippen molar-refractivity contribution in [2.24, 2.45) is 17.1 Å². The Morgan fingerprint density at radius 2 is 1.95 bits per heavy atom. The van der Waals surface area contributed by atoms with E-state index in [1.54, 1.807) is 6.92 Å². The summed E-state index contributed by atoms with van der Waals surface area (Å²) in [5, 5.41) is 11.0. The third kappa shape index (κ3) is 2.71. The molecule has 0 spiro atoms. The van der Waals surface area contributed by atoms with Crippen molar-refractivity contribution in [3.63, 3.8) is 0 Å². The third-order valence-electron chi connectivity index (χ3n) is 5.54. The van der Waals surface area contributed by atoms with Crippen molar-refractivity contribution in [3.05, 3.63) is 35.4 Å². The molecule has 0 amide bonds. The largest absolute Gasteiger partial charge is 0.385 e. The first kappa shape index (κ1) is 16.4. The predicted octanol–water partition coefficient (Wildman–Crippen LogP) is 3.72. The SMILES string of the molecule is CCC1CCC(CN)(C(C)(O)c2cccc(F)c2F)CC1. The van der Waals surface area contributed by atoms with Gasteiger partial charge in [-0.1, -0.05) is 25.5 Å². The van der Waals surface area contributed by atoms with E-state index in [2.05, 4.69) is 6.92 Å². The van der Waals surface area contributed by atoms with Crippen LogP contribution in [0.3, 0.4) is 0 Å². The van der Waals surface area contributed by atoms with Gasteiger partial charge in [0, 0.05) is 17.5 Å². The van der Waals surface area contributed by atoms with Gasteiger partial charge in [0.2, 0.25) is 0 Å². The summed E-state index contributed by atoms with van der Waals surface area (Å²) in [5.74, 6) is -1.26. The van der Waals surface area contributed by atoms with Gasteiger partial charge in [-0.3, -0.25) is 0 Å². The van der Waals surface area contributed by atoms with E-state index in [4.69, 9.17) is 5.73 Å². The molecule has 1 aromatic carbocycles. The molecule has 4 heteroatoms. The molecule has 1 saturated carbocycles. The molecular weight excluding hydrogens is 272 g/mol. The van der Waals surface area contributed by atoms with Crippen LogP contribution in [0.25, 0.3) is 0 Å². The molecule has 0 saturated heterocycles. The normalized spacial score (nSPS) is 29.1. The number of benzene rings is 1. The fraction of sp³-hybridized carbons (Fsp3) is 0.647. The zero-order chi connectivity index (χ0) is 15.7. The van der Waals surface area contributed by atoms with Gasteiger partial charge in [-0.15, -0.1) is 0 Å². The van der Waals surface area contributed by atoms with Crippen molar-refractivity contribution in [2.45, 2.75) is 51.6 Å². The highest BCUT2D eigenvalue weighted by molar-refractivity contribution is 5.28. The Bertz CT molecular complexity index is 494.